The average Bonchev–Trinajstić information content (AvgIpc) is 3.16. The van der Waals surface area contributed by atoms with Crippen LogP contribution in [0.1, 0.15) is 19.5 Å². The number of aliphatic hydroxyl groups is 1. The number of morpholine rings is 1. The van der Waals surface area contributed by atoms with Crippen molar-refractivity contribution >= 4 is 28.8 Å². The predicted octanol–water partition coefficient (Wildman–Crippen LogP) is 2.39. The minimum Gasteiger partial charge on any atom is -0.474 e. The Kier molecular flexibility index (Phi) is 5.82. The zero-order valence-electron chi connectivity index (χ0n) is 17.1. The van der Waals surface area contributed by atoms with Crippen molar-refractivity contribution in [3.63, 3.8) is 0 Å². The van der Waals surface area contributed by atoms with E-state index in [-0.39, 0.29) is 6.61 Å². The molecule has 0 bridgehead atoms. The summed E-state index contributed by atoms with van der Waals surface area (Å²) in [5, 5.41) is 15.4. The van der Waals surface area contributed by atoms with Gasteiger partial charge in [-0.3, -0.25) is 5.43 Å². The number of hydrogen-bond donors (Lipinski definition) is 3. The molecule has 1 aromatic carbocycles. The van der Waals surface area contributed by atoms with Gasteiger partial charge in [-0.05, 0) is 19.9 Å². The SMILES string of the molecule is CC(C)(O)COc1cc(C=NNc2c[nH]c3ccccc23)nc(N2CCOCC2)n1. The number of hydrazone groups is 1. The number of hydrogen-bond acceptors (Lipinski definition) is 8. The molecular formula is C21H26N6O3. The van der Waals surface area contributed by atoms with Crippen molar-refractivity contribution in [3.05, 3.63) is 42.2 Å². The van der Waals surface area contributed by atoms with Crippen LogP contribution in [-0.4, -0.2) is 64.8 Å². The van der Waals surface area contributed by atoms with Gasteiger partial charge in [0.05, 0.1) is 36.4 Å². The Morgan fingerprint density at radius 1 is 1.30 bits per heavy atom. The number of anilines is 2. The Labute approximate surface area is 174 Å². The fourth-order valence-electron chi connectivity index (χ4n) is 3.06. The normalized spacial score (nSPS) is 15.1. The largest absolute Gasteiger partial charge is 0.474 e. The number of rotatable bonds is 7. The summed E-state index contributed by atoms with van der Waals surface area (Å²) in [4.78, 5) is 14.4. The highest BCUT2D eigenvalue weighted by Gasteiger charge is 2.18. The van der Waals surface area contributed by atoms with E-state index < -0.39 is 5.60 Å². The molecule has 9 heteroatoms. The molecule has 30 heavy (non-hydrogen) atoms. The maximum Gasteiger partial charge on any atom is 0.229 e. The minimum atomic E-state index is -0.963. The number of aromatic nitrogens is 3. The molecule has 0 saturated carbocycles. The van der Waals surface area contributed by atoms with Crippen LogP contribution in [0, 0.1) is 0 Å². The monoisotopic (exact) mass is 410 g/mol. The number of nitrogens with one attached hydrogen (secondary N) is 2. The first-order valence-corrected chi connectivity index (χ1v) is 9.90. The highest BCUT2D eigenvalue weighted by atomic mass is 16.5. The van der Waals surface area contributed by atoms with Crippen molar-refractivity contribution in [3.8, 4) is 5.88 Å². The fourth-order valence-corrected chi connectivity index (χ4v) is 3.06. The van der Waals surface area contributed by atoms with E-state index in [1.54, 1.807) is 26.1 Å². The Morgan fingerprint density at radius 2 is 2.10 bits per heavy atom. The lowest BCUT2D eigenvalue weighted by molar-refractivity contribution is 0.0268. The van der Waals surface area contributed by atoms with Gasteiger partial charge in [0.2, 0.25) is 11.8 Å². The molecule has 3 heterocycles. The molecule has 4 rings (SSSR count). The third kappa shape index (κ3) is 5.05. The number of H-pyrrole nitrogens is 1. The number of fused-ring (bicyclic) bond motifs is 1. The third-order valence-corrected chi connectivity index (χ3v) is 4.55. The zero-order chi connectivity index (χ0) is 21.0. The molecule has 0 amide bonds. The summed E-state index contributed by atoms with van der Waals surface area (Å²) < 4.78 is 11.1. The van der Waals surface area contributed by atoms with Crippen LogP contribution in [0.4, 0.5) is 11.6 Å². The van der Waals surface area contributed by atoms with Gasteiger partial charge < -0.3 is 24.5 Å². The molecule has 2 aromatic heterocycles. The molecule has 3 aromatic rings. The van der Waals surface area contributed by atoms with Crippen molar-refractivity contribution in [1.82, 2.24) is 15.0 Å². The van der Waals surface area contributed by atoms with Crippen molar-refractivity contribution in [1.29, 1.82) is 0 Å². The molecule has 0 aliphatic carbocycles. The molecule has 0 unspecified atom stereocenters. The Balaban J connectivity index is 1.54. The van der Waals surface area contributed by atoms with Gasteiger partial charge in [0.15, 0.2) is 0 Å². The van der Waals surface area contributed by atoms with Crippen LogP contribution in [0.5, 0.6) is 5.88 Å². The maximum atomic E-state index is 9.97. The number of aromatic amines is 1. The Bertz CT molecular complexity index is 1020. The highest BCUT2D eigenvalue weighted by molar-refractivity contribution is 5.92. The lowest BCUT2D eigenvalue weighted by atomic mass is 10.2. The molecule has 3 N–H and O–H groups in total. The van der Waals surface area contributed by atoms with E-state index in [0.29, 0.717) is 43.8 Å². The first kappa shape index (κ1) is 20.1. The smallest absolute Gasteiger partial charge is 0.229 e. The topological polar surface area (TPSA) is 108 Å². The summed E-state index contributed by atoms with van der Waals surface area (Å²) in [7, 11) is 0. The minimum absolute atomic E-state index is 0.122. The molecule has 158 valence electrons. The maximum absolute atomic E-state index is 9.97. The first-order chi connectivity index (χ1) is 14.5. The molecule has 1 aliphatic heterocycles. The van der Waals surface area contributed by atoms with Crippen molar-refractivity contribution in [2.24, 2.45) is 5.10 Å². The van der Waals surface area contributed by atoms with Crippen LogP contribution in [0.15, 0.2) is 41.6 Å². The van der Waals surface area contributed by atoms with Gasteiger partial charge in [-0.15, -0.1) is 0 Å². The third-order valence-electron chi connectivity index (χ3n) is 4.55. The van der Waals surface area contributed by atoms with Crippen LogP contribution in [0.25, 0.3) is 10.9 Å². The van der Waals surface area contributed by atoms with Gasteiger partial charge in [-0.1, -0.05) is 18.2 Å². The van der Waals surface area contributed by atoms with Gasteiger partial charge >= 0.3 is 0 Å². The second-order valence-corrected chi connectivity index (χ2v) is 7.75. The standard InChI is InChI=1S/C21H26N6O3/c1-21(2,28)14-30-19-11-15(24-20(25-19)27-7-9-29-10-8-27)12-23-26-18-13-22-17-6-4-3-5-16(17)18/h3-6,11-13,22,26,28H,7-10,14H2,1-2H3. The van der Waals surface area contributed by atoms with Crippen LogP contribution in [0.3, 0.4) is 0 Å². The van der Waals surface area contributed by atoms with E-state index in [1.165, 1.54) is 0 Å². The summed E-state index contributed by atoms with van der Waals surface area (Å²) in [5.74, 6) is 0.947. The second kappa shape index (κ2) is 8.68. The zero-order valence-corrected chi connectivity index (χ0v) is 17.1. The number of para-hydroxylation sites is 1. The fraction of sp³-hybridized carbons (Fsp3) is 0.381. The van der Waals surface area contributed by atoms with Crippen LogP contribution < -0.4 is 15.1 Å². The second-order valence-electron chi connectivity index (χ2n) is 7.75. The van der Waals surface area contributed by atoms with E-state index in [1.807, 2.05) is 35.4 Å². The number of ether oxygens (including phenoxy) is 2. The molecule has 1 aliphatic rings. The molecule has 0 radical (unpaired) electrons. The van der Waals surface area contributed by atoms with Gasteiger partial charge in [0.25, 0.3) is 0 Å². The Hall–Kier alpha value is -3.17. The predicted molar refractivity (Wildman–Crippen MR) is 116 cm³/mol. The van der Waals surface area contributed by atoms with Gasteiger partial charge in [0, 0.05) is 36.3 Å². The molecule has 9 nitrogen and oxygen atoms in total. The van der Waals surface area contributed by atoms with Crippen molar-refractivity contribution in [2.45, 2.75) is 19.4 Å². The quantitative estimate of drug-likeness (QED) is 0.405. The lowest BCUT2D eigenvalue weighted by Crippen LogP contribution is -2.37. The van der Waals surface area contributed by atoms with Crippen LogP contribution >= 0.6 is 0 Å². The van der Waals surface area contributed by atoms with E-state index in [9.17, 15) is 5.11 Å². The molecule has 1 fully saturated rings. The molecule has 0 spiro atoms. The average molecular weight is 410 g/mol. The van der Waals surface area contributed by atoms with Gasteiger partial charge in [-0.25, -0.2) is 4.98 Å². The van der Waals surface area contributed by atoms with E-state index in [4.69, 9.17) is 9.47 Å². The first-order valence-electron chi connectivity index (χ1n) is 9.90. The summed E-state index contributed by atoms with van der Waals surface area (Å²) in [6, 6.07) is 9.70. The van der Waals surface area contributed by atoms with E-state index in [0.717, 1.165) is 16.6 Å². The summed E-state index contributed by atoms with van der Waals surface area (Å²) in [6.07, 6.45) is 3.50. The molecular weight excluding hydrogens is 384 g/mol. The highest BCUT2D eigenvalue weighted by Crippen LogP contribution is 2.22. The van der Waals surface area contributed by atoms with Gasteiger partial charge in [0.1, 0.15) is 6.61 Å². The summed E-state index contributed by atoms with van der Waals surface area (Å²) in [5.41, 5.74) is 4.61. The lowest BCUT2D eigenvalue weighted by Gasteiger charge is -2.27. The van der Waals surface area contributed by atoms with Crippen LogP contribution in [0.2, 0.25) is 0 Å². The van der Waals surface area contributed by atoms with Gasteiger partial charge in [-0.2, -0.15) is 10.1 Å². The molecule has 1 saturated heterocycles. The van der Waals surface area contributed by atoms with E-state index in [2.05, 4.69) is 25.5 Å². The number of benzene rings is 1. The van der Waals surface area contributed by atoms with Crippen LogP contribution in [-0.2, 0) is 4.74 Å². The van der Waals surface area contributed by atoms with E-state index >= 15 is 0 Å². The molecule has 0 atom stereocenters. The van der Waals surface area contributed by atoms with Crippen molar-refractivity contribution < 1.29 is 14.6 Å². The van der Waals surface area contributed by atoms with Crippen molar-refractivity contribution in [2.75, 3.05) is 43.2 Å². The Morgan fingerprint density at radius 3 is 2.90 bits per heavy atom. The number of nitrogens with zero attached hydrogens (tertiary/aromatic N) is 4. The summed E-state index contributed by atoms with van der Waals surface area (Å²) >= 11 is 0. The summed E-state index contributed by atoms with van der Waals surface area (Å²) in [6.45, 7) is 6.16.